The Labute approximate surface area is 233 Å². The Morgan fingerprint density at radius 2 is 1.49 bits per heavy atom. The van der Waals surface area contributed by atoms with Crippen LogP contribution >= 0.6 is 11.6 Å². The number of amides is 1. The maximum atomic E-state index is 13.8. The molecule has 0 saturated heterocycles. The van der Waals surface area contributed by atoms with Crippen LogP contribution in [0.4, 0.5) is 4.79 Å². The summed E-state index contributed by atoms with van der Waals surface area (Å²) in [6.07, 6.45) is 4.70. The van der Waals surface area contributed by atoms with Crippen LogP contribution in [0.15, 0.2) is 59.9 Å². The number of allylic oxidation sites excluding steroid dienone is 2. The van der Waals surface area contributed by atoms with Crippen molar-refractivity contribution in [3.63, 3.8) is 0 Å². The highest BCUT2D eigenvalue weighted by Gasteiger charge is 2.54. The molecule has 1 unspecified atom stereocenters. The fourth-order valence-electron chi connectivity index (χ4n) is 6.61. The summed E-state index contributed by atoms with van der Waals surface area (Å²) < 4.78 is 5.53. The smallest absolute Gasteiger partial charge is 0.412 e. The van der Waals surface area contributed by atoms with Crippen LogP contribution in [0.3, 0.4) is 0 Å². The SMILES string of the molecule is CC(N)=C(NC(=O)OC(C)c1ccccc1Cl)C(=O)C12CCC(c3ccc(C4(C(=O)O)CC4)cc3)(CC1)CC2. The maximum absolute atomic E-state index is 13.8. The van der Waals surface area contributed by atoms with Gasteiger partial charge in [0.05, 0.1) is 5.41 Å². The first-order chi connectivity index (χ1) is 18.5. The fraction of sp³-hybridized carbons (Fsp3) is 0.452. The minimum atomic E-state index is -0.748. The third kappa shape index (κ3) is 4.82. The van der Waals surface area contributed by atoms with Gasteiger partial charge in [-0.15, -0.1) is 0 Å². The van der Waals surface area contributed by atoms with Gasteiger partial charge in [-0.1, -0.05) is 54.1 Å². The predicted molar refractivity (Wildman–Crippen MR) is 148 cm³/mol. The zero-order valence-electron chi connectivity index (χ0n) is 22.4. The normalized spacial score (nSPS) is 26.2. The number of rotatable bonds is 8. The second-order valence-electron chi connectivity index (χ2n) is 11.6. The molecule has 1 amide bonds. The Hall–Kier alpha value is -3.32. The van der Waals surface area contributed by atoms with E-state index in [1.54, 1.807) is 32.0 Å². The van der Waals surface area contributed by atoms with Gasteiger partial charge in [0, 0.05) is 21.7 Å². The first-order valence-electron chi connectivity index (χ1n) is 13.6. The van der Waals surface area contributed by atoms with Gasteiger partial charge < -0.3 is 15.6 Å². The van der Waals surface area contributed by atoms with Crippen LogP contribution in [0.5, 0.6) is 0 Å². The number of halogens is 1. The quantitative estimate of drug-likeness (QED) is 0.332. The van der Waals surface area contributed by atoms with Crippen molar-refractivity contribution < 1.29 is 24.2 Å². The molecular weight excluding hydrogens is 516 g/mol. The number of carboxylic acid groups (broad SMARTS) is 1. The van der Waals surface area contributed by atoms with E-state index in [4.69, 9.17) is 22.1 Å². The number of carbonyl (C=O) groups is 3. The number of carbonyl (C=O) groups excluding carboxylic acids is 2. The molecule has 7 nitrogen and oxygen atoms in total. The molecule has 2 aromatic carbocycles. The molecule has 0 aromatic heterocycles. The van der Waals surface area contributed by atoms with Crippen molar-refractivity contribution in [1.82, 2.24) is 5.32 Å². The summed E-state index contributed by atoms with van der Waals surface area (Å²) in [6, 6.07) is 15.3. The minimum absolute atomic E-state index is 0.0150. The standard InChI is InChI=1S/C31H35ClN2O5/c1-19(33)25(34-28(38)39-20(2)23-5-3-4-6-24(23)32)26(35)30-14-11-29(12-15-30,13-16-30)21-7-9-22(10-8-21)31(17-18-31)27(36)37/h3-10,20H,11-18,33H2,1-2H3,(H,34,38)(H,36,37). The van der Waals surface area contributed by atoms with Crippen molar-refractivity contribution in [1.29, 1.82) is 0 Å². The third-order valence-corrected chi connectivity index (χ3v) is 9.76. The van der Waals surface area contributed by atoms with Crippen molar-refractivity contribution >= 4 is 29.4 Å². The number of nitrogens with two attached hydrogens (primary N) is 1. The third-order valence-electron chi connectivity index (χ3n) is 9.41. The molecule has 206 valence electrons. The summed E-state index contributed by atoms with van der Waals surface area (Å²) in [7, 11) is 0. The summed E-state index contributed by atoms with van der Waals surface area (Å²) >= 11 is 6.23. The monoisotopic (exact) mass is 550 g/mol. The maximum Gasteiger partial charge on any atom is 0.412 e. The number of hydrogen-bond acceptors (Lipinski definition) is 5. The molecule has 4 aliphatic rings. The molecule has 8 heteroatoms. The van der Waals surface area contributed by atoms with Gasteiger partial charge in [-0.2, -0.15) is 0 Å². The number of benzene rings is 2. The van der Waals surface area contributed by atoms with Crippen LogP contribution in [0.2, 0.25) is 5.02 Å². The number of fused-ring (bicyclic) bond motifs is 3. The Morgan fingerprint density at radius 1 is 0.923 bits per heavy atom. The average molecular weight is 551 g/mol. The lowest BCUT2D eigenvalue weighted by atomic mass is 9.50. The first kappa shape index (κ1) is 27.3. The number of ketones is 1. The van der Waals surface area contributed by atoms with Crippen LogP contribution in [0.1, 0.15) is 88.0 Å². The van der Waals surface area contributed by atoms with Gasteiger partial charge in [-0.3, -0.25) is 14.9 Å². The minimum Gasteiger partial charge on any atom is -0.481 e. The van der Waals surface area contributed by atoms with Gasteiger partial charge in [0.15, 0.2) is 5.78 Å². The highest BCUT2D eigenvalue weighted by Crippen LogP contribution is 2.59. The van der Waals surface area contributed by atoms with Crippen molar-refractivity contribution in [3.8, 4) is 0 Å². The number of ether oxygens (including phenoxy) is 1. The summed E-state index contributed by atoms with van der Waals surface area (Å²) in [5.74, 6) is -0.882. The second-order valence-corrected chi connectivity index (χ2v) is 12.0. The molecule has 0 aliphatic heterocycles. The van der Waals surface area contributed by atoms with E-state index in [0.717, 1.165) is 24.8 Å². The molecule has 2 aromatic rings. The van der Waals surface area contributed by atoms with Crippen molar-refractivity contribution in [2.75, 3.05) is 0 Å². The Bertz CT molecular complexity index is 1320. The highest BCUT2D eigenvalue weighted by molar-refractivity contribution is 6.31. The topological polar surface area (TPSA) is 119 Å². The number of aliphatic carboxylic acids is 1. The van der Waals surface area contributed by atoms with Crippen LogP contribution in [0, 0.1) is 5.41 Å². The second kappa shape index (κ2) is 10.0. The van der Waals surface area contributed by atoms with E-state index in [2.05, 4.69) is 17.4 Å². The Morgan fingerprint density at radius 3 is 2.00 bits per heavy atom. The van der Waals surface area contributed by atoms with Gasteiger partial charge in [0.25, 0.3) is 0 Å². The van der Waals surface area contributed by atoms with Crippen molar-refractivity contribution in [2.24, 2.45) is 11.1 Å². The van der Waals surface area contributed by atoms with Gasteiger partial charge in [0.1, 0.15) is 11.8 Å². The number of carboxylic acids is 1. The number of hydrogen-bond donors (Lipinski definition) is 3. The van der Waals surface area contributed by atoms with Crippen molar-refractivity contribution in [2.45, 2.75) is 82.1 Å². The van der Waals surface area contributed by atoms with E-state index in [1.807, 2.05) is 18.2 Å². The molecular formula is C31H35ClN2O5. The molecule has 0 radical (unpaired) electrons. The zero-order chi connectivity index (χ0) is 28.0. The van der Waals surface area contributed by atoms with Crippen LogP contribution in [0.25, 0.3) is 0 Å². The first-order valence-corrected chi connectivity index (χ1v) is 14.0. The summed E-state index contributed by atoms with van der Waals surface area (Å²) in [5.41, 5.74) is 7.93. The van der Waals surface area contributed by atoms with E-state index in [-0.39, 0.29) is 22.6 Å². The van der Waals surface area contributed by atoms with Crippen LogP contribution < -0.4 is 11.1 Å². The molecule has 39 heavy (non-hydrogen) atoms. The van der Waals surface area contributed by atoms with E-state index in [9.17, 15) is 19.5 Å². The van der Waals surface area contributed by atoms with E-state index >= 15 is 0 Å². The molecule has 4 saturated carbocycles. The lowest BCUT2D eigenvalue weighted by molar-refractivity contribution is -0.140. The van der Waals surface area contributed by atoms with E-state index in [1.165, 1.54) is 5.56 Å². The molecule has 0 spiro atoms. The number of Topliss-reactive ketones (excluding diaryl/α,β-unsaturated/α-hetero) is 1. The Balaban J connectivity index is 1.26. The molecule has 4 fully saturated rings. The fourth-order valence-corrected chi connectivity index (χ4v) is 6.90. The molecule has 2 bridgehead atoms. The summed E-state index contributed by atoms with van der Waals surface area (Å²) in [5, 5.41) is 12.8. The lowest BCUT2D eigenvalue weighted by Gasteiger charge is -2.53. The predicted octanol–water partition coefficient (Wildman–Crippen LogP) is 6.29. The van der Waals surface area contributed by atoms with Gasteiger partial charge in [-0.25, -0.2) is 4.79 Å². The van der Waals surface area contributed by atoms with Gasteiger partial charge >= 0.3 is 12.1 Å². The highest BCUT2D eigenvalue weighted by atomic mass is 35.5. The number of nitrogens with one attached hydrogen (secondary N) is 1. The Kier molecular flexibility index (Phi) is 7.00. The molecule has 4 aliphatic carbocycles. The zero-order valence-corrected chi connectivity index (χ0v) is 23.1. The molecule has 0 heterocycles. The number of alkyl carbamates (subject to hydrolysis) is 1. The summed E-state index contributed by atoms with van der Waals surface area (Å²) in [6.45, 7) is 3.34. The lowest BCUT2D eigenvalue weighted by Crippen LogP contribution is -2.50. The summed E-state index contributed by atoms with van der Waals surface area (Å²) in [4.78, 5) is 38.3. The van der Waals surface area contributed by atoms with E-state index in [0.29, 0.717) is 42.7 Å². The van der Waals surface area contributed by atoms with Crippen LogP contribution in [-0.4, -0.2) is 23.0 Å². The largest absolute Gasteiger partial charge is 0.481 e. The molecule has 4 N–H and O–H groups in total. The average Bonchev–Trinajstić information content (AvgIpc) is 3.75. The molecule has 1 atom stereocenters. The van der Waals surface area contributed by atoms with Gasteiger partial charge in [0.2, 0.25) is 0 Å². The molecule has 6 rings (SSSR count). The van der Waals surface area contributed by atoms with E-state index < -0.39 is 29.0 Å². The van der Waals surface area contributed by atoms with Gasteiger partial charge in [-0.05, 0) is 87.8 Å². The van der Waals surface area contributed by atoms with Crippen molar-refractivity contribution in [3.05, 3.63) is 81.6 Å². The van der Waals surface area contributed by atoms with Crippen LogP contribution in [-0.2, 0) is 25.2 Å².